The van der Waals surface area contributed by atoms with E-state index in [9.17, 15) is 4.79 Å². The van der Waals surface area contributed by atoms with Gasteiger partial charge in [-0.2, -0.15) is 0 Å². The van der Waals surface area contributed by atoms with Crippen molar-refractivity contribution in [3.63, 3.8) is 0 Å². The maximum Gasteiger partial charge on any atom is 0.231 e. The molecule has 1 saturated heterocycles. The van der Waals surface area contributed by atoms with Crippen LogP contribution in [0.3, 0.4) is 0 Å². The Balaban J connectivity index is 0.00000161. The number of benzene rings is 1. The first-order valence-corrected chi connectivity index (χ1v) is 7.17. The Bertz CT molecular complexity index is 490. The molecule has 5 nitrogen and oxygen atoms in total. The lowest BCUT2D eigenvalue weighted by molar-refractivity contribution is -0.122. The molecule has 0 saturated carbocycles. The number of fused-ring (bicyclic) bond motifs is 1. The highest BCUT2D eigenvalue weighted by Crippen LogP contribution is 2.32. The summed E-state index contributed by atoms with van der Waals surface area (Å²) in [5.41, 5.74) is 1.04. The molecule has 2 heterocycles. The topological polar surface area (TPSA) is 59.6 Å². The number of carbonyl (C=O) groups excluding carboxylic acids is 1. The monoisotopic (exact) mass is 312 g/mol. The quantitative estimate of drug-likeness (QED) is 0.891. The number of piperidine rings is 1. The second-order valence-electron chi connectivity index (χ2n) is 5.36. The summed E-state index contributed by atoms with van der Waals surface area (Å²) in [5, 5.41) is 6.29. The Hall–Kier alpha value is -1.46. The summed E-state index contributed by atoms with van der Waals surface area (Å²) in [4.78, 5) is 11.9. The van der Waals surface area contributed by atoms with E-state index in [2.05, 4.69) is 10.6 Å². The number of nitrogens with one attached hydrogen (secondary N) is 2. The fourth-order valence-electron chi connectivity index (χ4n) is 2.67. The van der Waals surface area contributed by atoms with E-state index in [-0.39, 0.29) is 25.1 Å². The summed E-state index contributed by atoms with van der Waals surface area (Å²) in [6.07, 6.45) is 2.82. The molecule has 1 amide bonds. The van der Waals surface area contributed by atoms with Crippen LogP contribution in [0.4, 0.5) is 0 Å². The summed E-state index contributed by atoms with van der Waals surface area (Å²) in [6, 6.07) is 5.77. The minimum atomic E-state index is 0. The second kappa shape index (κ2) is 7.52. The zero-order valence-corrected chi connectivity index (χ0v) is 12.7. The van der Waals surface area contributed by atoms with Crippen molar-refractivity contribution in [3.8, 4) is 11.5 Å². The van der Waals surface area contributed by atoms with E-state index in [0.717, 1.165) is 43.0 Å². The summed E-state index contributed by atoms with van der Waals surface area (Å²) in [5.74, 6) is 2.19. The number of hydrogen-bond acceptors (Lipinski definition) is 4. The zero-order chi connectivity index (χ0) is 13.8. The molecule has 0 unspecified atom stereocenters. The van der Waals surface area contributed by atoms with Crippen molar-refractivity contribution in [3.05, 3.63) is 23.8 Å². The molecule has 0 aromatic heterocycles. The van der Waals surface area contributed by atoms with Crippen molar-refractivity contribution < 1.29 is 14.3 Å². The van der Waals surface area contributed by atoms with Gasteiger partial charge in [0.1, 0.15) is 0 Å². The van der Waals surface area contributed by atoms with Crippen LogP contribution >= 0.6 is 12.4 Å². The number of ether oxygens (including phenoxy) is 2. The van der Waals surface area contributed by atoms with Gasteiger partial charge in [-0.05, 0) is 49.5 Å². The van der Waals surface area contributed by atoms with Gasteiger partial charge < -0.3 is 20.1 Å². The predicted octanol–water partition coefficient (Wildman–Crippen LogP) is 1.84. The molecular weight excluding hydrogens is 292 g/mol. The number of carbonyl (C=O) groups is 1. The van der Waals surface area contributed by atoms with E-state index in [1.54, 1.807) is 0 Å². The molecule has 0 radical (unpaired) electrons. The number of hydrogen-bond donors (Lipinski definition) is 2. The smallest absolute Gasteiger partial charge is 0.231 e. The van der Waals surface area contributed by atoms with Crippen LogP contribution in [0.25, 0.3) is 0 Å². The molecule has 2 aliphatic rings. The maximum atomic E-state index is 11.9. The van der Waals surface area contributed by atoms with Gasteiger partial charge in [0.25, 0.3) is 0 Å². The van der Waals surface area contributed by atoms with Gasteiger partial charge in [0.2, 0.25) is 12.7 Å². The van der Waals surface area contributed by atoms with Crippen molar-refractivity contribution in [2.24, 2.45) is 5.92 Å². The summed E-state index contributed by atoms with van der Waals surface area (Å²) in [7, 11) is 0. The van der Waals surface area contributed by atoms with Gasteiger partial charge in [0.15, 0.2) is 11.5 Å². The molecule has 6 heteroatoms. The lowest BCUT2D eigenvalue weighted by Crippen LogP contribution is -2.32. The third-order valence-corrected chi connectivity index (χ3v) is 3.86. The van der Waals surface area contributed by atoms with Gasteiger partial charge in [-0.15, -0.1) is 12.4 Å². The highest BCUT2D eigenvalue weighted by Gasteiger charge is 2.17. The van der Waals surface area contributed by atoms with Crippen molar-refractivity contribution >= 4 is 18.3 Å². The molecule has 3 rings (SSSR count). The van der Waals surface area contributed by atoms with Gasteiger partial charge >= 0.3 is 0 Å². The SMILES string of the molecule is Cl.O=C(CC1CCNCC1)NCc1ccc2c(c1)OCO2. The van der Waals surface area contributed by atoms with Gasteiger partial charge in [-0.3, -0.25) is 4.79 Å². The van der Waals surface area contributed by atoms with Crippen molar-refractivity contribution in [1.82, 2.24) is 10.6 Å². The Labute approximate surface area is 130 Å². The van der Waals surface area contributed by atoms with E-state index in [1.807, 2.05) is 18.2 Å². The fourth-order valence-corrected chi connectivity index (χ4v) is 2.67. The number of halogens is 1. The van der Waals surface area contributed by atoms with Gasteiger partial charge in [-0.1, -0.05) is 6.07 Å². The van der Waals surface area contributed by atoms with Crippen molar-refractivity contribution in [2.45, 2.75) is 25.8 Å². The molecular formula is C15H21ClN2O3. The van der Waals surface area contributed by atoms with Crippen LogP contribution in [0.5, 0.6) is 11.5 Å². The lowest BCUT2D eigenvalue weighted by Gasteiger charge is -2.21. The first kappa shape index (κ1) is 15.9. The molecule has 2 aliphatic heterocycles. The Kier molecular flexibility index (Phi) is 5.70. The van der Waals surface area contributed by atoms with Gasteiger partial charge in [-0.25, -0.2) is 0 Å². The van der Waals surface area contributed by atoms with Crippen LogP contribution in [-0.2, 0) is 11.3 Å². The predicted molar refractivity (Wildman–Crippen MR) is 81.9 cm³/mol. The highest BCUT2D eigenvalue weighted by molar-refractivity contribution is 5.85. The van der Waals surface area contributed by atoms with Crippen LogP contribution in [0, 0.1) is 5.92 Å². The standard InChI is InChI=1S/C15H20N2O3.ClH/c18-15(8-11-3-5-16-6-4-11)17-9-12-1-2-13-14(7-12)20-10-19-13;/h1-2,7,11,16H,3-6,8-10H2,(H,17,18);1H. The molecule has 116 valence electrons. The fraction of sp³-hybridized carbons (Fsp3) is 0.533. The molecule has 1 fully saturated rings. The number of rotatable bonds is 4. The van der Waals surface area contributed by atoms with Crippen LogP contribution in [0.15, 0.2) is 18.2 Å². The molecule has 21 heavy (non-hydrogen) atoms. The average molecular weight is 313 g/mol. The van der Waals surface area contributed by atoms with Crippen molar-refractivity contribution in [2.75, 3.05) is 19.9 Å². The van der Waals surface area contributed by atoms with Gasteiger partial charge in [0.05, 0.1) is 0 Å². The van der Waals surface area contributed by atoms with Crippen LogP contribution < -0.4 is 20.1 Å². The summed E-state index contributed by atoms with van der Waals surface area (Å²) >= 11 is 0. The van der Waals surface area contributed by atoms with Crippen LogP contribution in [0.2, 0.25) is 0 Å². The Morgan fingerprint density at radius 2 is 2.00 bits per heavy atom. The zero-order valence-electron chi connectivity index (χ0n) is 11.9. The average Bonchev–Trinajstić information content (AvgIpc) is 2.93. The molecule has 0 spiro atoms. The van der Waals surface area contributed by atoms with Crippen molar-refractivity contribution in [1.29, 1.82) is 0 Å². The van der Waals surface area contributed by atoms with E-state index in [0.29, 0.717) is 18.9 Å². The van der Waals surface area contributed by atoms with E-state index in [1.165, 1.54) is 0 Å². The number of amides is 1. The molecule has 0 aliphatic carbocycles. The van der Waals surface area contributed by atoms with E-state index in [4.69, 9.17) is 9.47 Å². The minimum Gasteiger partial charge on any atom is -0.454 e. The van der Waals surface area contributed by atoms with Gasteiger partial charge in [0, 0.05) is 13.0 Å². The highest BCUT2D eigenvalue weighted by atomic mass is 35.5. The van der Waals surface area contributed by atoms with E-state index < -0.39 is 0 Å². The maximum absolute atomic E-state index is 11.9. The molecule has 0 bridgehead atoms. The molecule has 1 aromatic carbocycles. The second-order valence-corrected chi connectivity index (χ2v) is 5.36. The third kappa shape index (κ3) is 4.25. The largest absolute Gasteiger partial charge is 0.454 e. The molecule has 2 N–H and O–H groups in total. The normalized spacial score (nSPS) is 17.1. The van der Waals surface area contributed by atoms with Crippen LogP contribution in [-0.4, -0.2) is 25.8 Å². The molecule has 0 atom stereocenters. The first-order chi connectivity index (χ1) is 9.81. The van der Waals surface area contributed by atoms with E-state index >= 15 is 0 Å². The van der Waals surface area contributed by atoms with Crippen LogP contribution in [0.1, 0.15) is 24.8 Å². The minimum absolute atomic E-state index is 0. The summed E-state index contributed by atoms with van der Waals surface area (Å²) < 4.78 is 10.6. The summed E-state index contributed by atoms with van der Waals surface area (Å²) in [6.45, 7) is 2.88. The lowest BCUT2D eigenvalue weighted by atomic mass is 9.94. The third-order valence-electron chi connectivity index (χ3n) is 3.86. The molecule has 1 aromatic rings. The Morgan fingerprint density at radius 1 is 1.24 bits per heavy atom. The Morgan fingerprint density at radius 3 is 2.81 bits per heavy atom. The first-order valence-electron chi connectivity index (χ1n) is 7.17.